The van der Waals surface area contributed by atoms with Gasteiger partial charge in [0.2, 0.25) is 0 Å². The van der Waals surface area contributed by atoms with Gasteiger partial charge in [-0.1, -0.05) is 72.8 Å². The van der Waals surface area contributed by atoms with E-state index in [9.17, 15) is 4.79 Å². The zero-order valence-corrected chi connectivity index (χ0v) is 26.8. The number of piperazine rings is 1. The molecular weight excluding hydrogens is 556 g/mol. The summed E-state index contributed by atoms with van der Waals surface area (Å²) >= 11 is 0. The summed E-state index contributed by atoms with van der Waals surface area (Å²) in [4.78, 5) is 22.4. The SMILES string of the molecule is COc1ccc(N2CCN(C)CC2)c2c1CCN([C@H](C=O)c1ccc(N(CCc3ccccc3)CCc3ccccc3)cc1)C2. The standard InChI is InChI=1S/C39H46N4O2/c1-40-25-27-42(28-26-40)37-17-18-39(45-2)35-21-24-43(29-36(35)37)38(30-44)33-13-15-34(16-14-33)41(22-19-31-9-5-3-6-10-31)23-20-32-11-7-4-8-12-32/h3-18,30,38H,19-29H2,1-2H3/t38-/m1/s1. The van der Waals surface area contributed by atoms with Crippen LogP contribution in [0.2, 0.25) is 0 Å². The minimum absolute atomic E-state index is 0.291. The van der Waals surface area contributed by atoms with Crippen LogP contribution >= 0.6 is 0 Å². The number of aldehydes is 1. The maximum atomic E-state index is 12.7. The van der Waals surface area contributed by atoms with E-state index < -0.39 is 0 Å². The van der Waals surface area contributed by atoms with Gasteiger partial charge in [0.15, 0.2) is 0 Å². The van der Waals surface area contributed by atoms with Gasteiger partial charge < -0.3 is 24.2 Å². The summed E-state index contributed by atoms with van der Waals surface area (Å²) in [6, 6.07) is 34.2. The molecule has 1 atom stereocenters. The Morgan fingerprint density at radius 1 is 0.756 bits per heavy atom. The van der Waals surface area contributed by atoms with Crippen molar-refractivity contribution in [2.24, 2.45) is 0 Å². The van der Waals surface area contributed by atoms with Crippen LogP contribution in [0.15, 0.2) is 97.1 Å². The normalized spacial score (nSPS) is 16.2. The van der Waals surface area contributed by atoms with Gasteiger partial charge >= 0.3 is 0 Å². The summed E-state index contributed by atoms with van der Waals surface area (Å²) in [5.74, 6) is 0.959. The van der Waals surface area contributed by atoms with Gasteiger partial charge in [-0.2, -0.15) is 0 Å². The Morgan fingerprint density at radius 2 is 1.38 bits per heavy atom. The second kappa shape index (κ2) is 14.8. The number of likely N-dealkylation sites (N-methyl/N-ethyl adjacent to an activating group) is 1. The Labute approximate surface area is 268 Å². The summed E-state index contributed by atoms with van der Waals surface area (Å²) in [5.41, 5.74) is 8.82. The summed E-state index contributed by atoms with van der Waals surface area (Å²) in [5, 5.41) is 0. The molecule has 0 spiro atoms. The lowest BCUT2D eigenvalue weighted by molar-refractivity contribution is -0.113. The van der Waals surface area contributed by atoms with Gasteiger partial charge in [0, 0.05) is 69.3 Å². The third-order valence-corrected chi connectivity index (χ3v) is 9.59. The lowest BCUT2D eigenvalue weighted by atomic mass is 9.93. The molecule has 234 valence electrons. The van der Waals surface area contributed by atoms with Gasteiger partial charge in [-0.25, -0.2) is 0 Å². The lowest BCUT2D eigenvalue weighted by Gasteiger charge is -2.39. The fraction of sp³-hybridized carbons (Fsp3) is 0.359. The van der Waals surface area contributed by atoms with Crippen LogP contribution < -0.4 is 14.5 Å². The van der Waals surface area contributed by atoms with Crippen molar-refractivity contribution in [1.82, 2.24) is 9.80 Å². The number of anilines is 2. The highest BCUT2D eigenvalue weighted by Crippen LogP contribution is 2.38. The highest BCUT2D eigenvalue weighted by Gasteiger charge is 2.30. The van der Waals surface area contributed by atoms with Crippen molar-refractivity contribution in [2.75, 3.05) is 69.8 Å². The van der Waals surface area contributed by atoms with Crippen molar-refractivity contribution in [3.8, 4) is 5.75 Å². The number of nitrogens with zero attached hydrogens (tertiary/aromatic N) is 4. The highest BCUT2D eigenvalue weighted by atomic mass is 16.5. The molecule has 6 rings (SSSR count). The van der Waals surface area contributed by atoms with Crippen LogP contribution in [-0.2, 0) is 30.6 Å². The summed E-state index contributed by atoms with van der Waals surface area (Å²) in [7, 11) is 3.95. The zero-order valence-electron chi connectivity index (χ0n) is 26.8. The van der Waals surface area contributed by atoms with Crippen LogP contribution in [0.5, 0.6) is 5.75 Å². The Kier molecular flexibility index (Phi) is 10.1. The smallest absolute Gasteiger partial charge is 0.141 e. The molecule has 0 amide bonds. The lowest BCUT2D eigenvalue weighted by Crippen LogP contribution is -2.45. The second-order valence-electron chi connectivity index (χ2n) is 12.4. The first-order valence-corrected chi connectivity index (χ1v) is 16.4. The van der Waals surface area contributed by atoms with E-state index in [0.29, 0.717) is 0 Å². The van der Waals surface area contributed by atoms with Crippen molar-refractivity contribution in [1.29, 1.82) is 0 Å². The first kappa shape index (κ1) is 30.9. The molecule has 2 aliphatic rings. The number of methoxy groups -OCH3 is 1. The zero-order chi connectivity index (χ0) is 31.0. The number of carbonyl (C=O) groups excluding carboxylic acids is 1. The molecule has 0 unspecified atom stereocenters. The second-order valence-corrected chi connectivity index (χ2v) is 12.4. The molecule has 0 bridgehead atoms. The van der Waals surface area contributed by atoms with E-state index in [1.165, 1.54) is 33.6 Å². The third kappa shape index (κ3) is 7.41. The Morgan fingerprint density at radius 3 is 1.96 bits per heavy atom. The molecule has 6 heteroatoms. The van der Waals surface area contributed by atoms with Crippen LogP contribution in [0.4, 0.5) is 11.4 Å². The molecule has 2 heterocycles. The van der Waals surface area contributed by atoms with Crippen LogP contribution in [0, 0.1) is 0 Å². The first-order chi connectivity index (χ1) is 22.1. The molecule has 1 fully saturated rings. The molecule has 0 N–H and O–H groups in total. The number of fused-ring (bicyclic) bond motifs is 1. The number of benzene rings is 4. The number of hydrogen-bond acceptors (Lipinski definition) is 6. The van der Waals surface area contributed by atoms with Crippen molar-refractivity contribution < 1.29 is 9.53 Å². The molecule has 45 heavy (non-hydrogen) atoms. The average Bonchev–Trinajstić information content (AvgIpc) is 3.10. The third-order valence-electron chi connectivity index (χ3n) is 9.59. The molecule has 0 radical (unpaired) electrons. The van der Waals surface area contributed by atoms with Gasteiger partial charge in [-0.15, -0.1) is 0 Å². The average molecular weight is 603 g/mol. The van der Waals surface area contributed by atoms with Crippen LogP contribution in [0.3, 0.4) is 0 Å². The molecule has 4 aromatic rings. The predicted octanol–water partition coefficient (Wildman–Crippen LogP) is 6.04. The summed E-state index contributed by atoms with van der Waals surface area (Å²) in [6.07, 6.45) is 3.97. The number of ether oxygens (including phenoxy) is 1. The fourth-order valence-corrected chi connectivity index (χ4v) is 6.86. The van der Waals surface area contributed by atoms with E-state index in [-0.39, 0.29) is 6.04 Å². The Balaban J connectivity index is 1.20. The first-order valence-electron chi connectivity index (χ1n) is 16.4. The van der Waals surface area contributed by atoms with E-state index in [1.807, 2.05) is 0 Å². The van der Waals surface area contributed by atoms with Gasteiger partial charge in [-0.05, 0) is 72.8 Å². The van der Waals surface area contributed by atoms with E-state index >= 15 is 0 Å². The molecule has 6 nitrogen and oxygen atoms in total. The van der Waals surface area contributed by atoms with E-state index in [1.54, 1.807) is 7.11 Å². The Hall–Kier alpha value is -4.13. The Bertz CT molecular complexity index is 1470. The fourth-order valence-electron chi connectivity index (χ4n) is 6.86. The maximum Gasteiger partial charge on any atom is 0.141 e. The monoisotopic (exact) mass is 602 g/mol. The molecule has 2 aliphatic heterocycles. The summed E-state index contributed by atoms with van der Waals surface area (Å²) in [6.45, 7) is 7.57. The van der Waals surface area contributed by atoms with E-state index in [4.69, 9.17) is 4.74 Å². The largest absolute Gasteiger partial charge is 0.496 e. The van der Waals surface area contributed by atoms with Gasteiger partial charge in [-0.3, -0.25) is 4.90 Å². The van der Waals surface area contributed by atoms with Crippen LogP contribution in [0.1, 0.15) is 33.9 Å². The van der Waals surface area contributed by atoms with Crippen molar-refractivity contribution in [3.63, 3.8) is 0 Å². The quantitative estimate of drug-likeness (QED) is 0.184. The van der Waals surface area contributed by atoms with E-state index in [0.717, 1.165) is 89.2 Å². The van der Waals surface area contributed by atoms with Crippen molar-refractivity contribution in [3.05, 3.63) is 125 Å². The van der Waals surface area contributed by atoms with Gasteiger partial charge in [0.1, 0.15) is 12.0 Å². The van der Waals surface area contributed by atoms with Crippen LogP contribution in [-0.4, -0.2) is 76.1 Å². The molecule has 0 aliphatic carbocycles. The predicted molar refractivity (Wildman–Crippen MR) is 185 cm³/mol. The summed E-state index contributed by atoms with van der Waals surface area (Å²) < 4.78 is 5.79. The van der Waals surface area contributed by atoms with Gasteiger partial charge in [0.05, 0.1) is 13.2 Å². The topological polar surface area (TPSA) is 39.3 Å². The molecule has 4 aromatic carbocycles. The minimum atomic E-state index is -0.291. The van der Waals surface area contributed by atoms with Crippen LogP contribution in [0.25, 0.3) is 0 Å². The number of hydrogen-bond donors (Lipinski definition) is 0. The maximum absolute atomic E-state index is 12.7. The van der Waals surface area contributed by atoms with E-state index in [2.05, 4.69) is 124 Å². The number of carbonyl (C=O) groups is 1. The van der Waals surface area contributed by atoms with Gasteiger partial charge in [0.25, 0.3) is 0 Å². The number of rotatable bonds is 12. The van der Waals surface area contributed by atoms with Crippen molar-refractivity contribution in [2.45, 2.75) is 31.8 Å². The molecule has 0 aromatic heterocycles. The molecule has 1 saturated heterocycles. The molecular formula is C39H46N4O2. The molecule has 0 saturated carbocycles. The minimum Gasteiger partial charge on any atom is -0.496 e. The van der Waals surface area contributed by atoms with Crippen molar-refractivity contribution >= 4 is 17.7 Å². The highest BCUT2D eigenvalue weighted by molar-refractivity contribution is 5.65.